The summed E-state index contributed by atoms with van der Waals surface area (Å²) in [7, 11) is 0. The smallest absolute Gasteiger partial charge is 0.296 e. The lowest BCUT2D eigenvalue weighted by Crippen LogP contribution is -2.49. The lowest BCUT2D eigenvalue weighted by molar-refractivity contribution is -0.0685. The first-order valence-electron chi connectivity index (χ1n) is 7.45. The van der Waals surface area contributed by atoms with Crippen molar-refractivity contribution in [2.24, 2.45) is 0 Å². The number of ketones is 1. The Morgan fingerprint density at radius 3 is 2.77 bits per heavy atom. The summed E-state index contributed by atoms with van der Waals surface area (Å²) in [6, 6.07) is 9.59. The van der Waals surface area contributed by atoms with Gasteiger partial charge in [0.25, 0.3) is 5.72 Å². The van der Waals surface area contributed by atoms with Crippen molar-refractivity contribution in [2.75, 3.05) is 0 Å². The maximum Gasteiger partial charge on any atom is 0.296 e. The minimum absolute atomic E-state index is 0.148. The molecule has 132 valence electrons. The second-order valence-corrected chi connectivity index (χ2v) is 7.44. The average Bonchev–Trinajstić information content (AvgIpc) is 3.22. The molecule has 3 aromatic rings. The van der Waals surface area contributed by atoms with Crippen LogP contribution >= 0.6 is 39.1 Å². The predicted octanol–water partition coefficient (Wildman–Crippen LogP) is 4.01. The molecule has 1 aliphatic rings. The van der Waals surface area contributed by atoms with Crippen LogP contribution in [0.2, 0.25) is 10.0 Å². The lowest BCUT2D eigenvalue weighted by Gasteiger charge is -2.30. The highest BCUT2D eigenvalue weighted by Crippen LogP contribution is 2.48. The van der Waals surface area contributed by atoms with Crippen molar-refractivity contribution in [2.45, 2.75) is 11.8 Å². The molecule has 0 fully saturated rings. The quantitative estimate of drug-likeness (QED) is 0.605. The molecule has 1 aliphatic heterocycles. The number of aromatic nitrogens is 3. The van der Waals surface area contributed by atoms with Crippen molar-refractivity contribution in [3.63, 3.8) is 0 Å². The molecule has 0 aliphatic carbocycles. The minimum atomic E-state index is -1.86. The number of halogens is 3. The van der Waals surface area contributed by atoms with Crippen LogP contribution in [0.15, 0.2) is 53.5 Å². The van der Waals surface area contributed by atoms with Crippen LogP contribution in [0.3, 0.4) is 0 Å². The van der Waals surface area contributed by atoms with Crippen LogP contribution in [0.5, 0.6) is 5.75 Å². The number of hydrogen-bond donors (Lipinski definition) is 1. The van der Waals surface area contributed by atoms with Crippen molar-refractivity contribution in [3.8, 4) is 5.75 Å². The van der Waals surface area contributed by atoms with Crippen LogP contribution in [0.25, 0.3) is 0 Å². The summed E-state index contributed by atoms with van der Waals surface area (Å²) in [5, 5.41) is 15.6. The molecule has 0 amide bonds. The van der Waals surface area contributed by atoms with E-state index in [2.05, 4.69) is 26.0 Å². The van der Waals surface area contributed by atoms with Gasteiger partial charge in [0.2, 0.25) is 5.78 Å². The highest BCUT2D eigenvalue weighted by atomic mass is 79.9. The zero-order valence-electron chi connectivity index (χ0n) is 12.9. The standard InChI is InChI=1S/C17H10BrCl2N3O3/c18-9-1-4-14-12(5-9)16(25)17(26-14,23-8-21-7-22-23)15(24)11-3-2-10(19)6-13(11)20/h1-8,16,25H/t16-,17+/m1/s1. The summed E-state index contributed by atoms with van der Waals surface area (Å²) >= 11 is 15.5. The highest BCUT2D eigenvalue weighted by Gasteiger charge is 2.57. The fourth-order valence-corrected chi connectivity index (χ4v) is 3.83. The van der Waals surface area contributed by atoms with Gasteiger partial charge in [0, 0.05) is 20.6 Å². The van der Waals surface area contributed by atoms with E-state index in [1.165, 1.54) is 29.5 Å². The van der Waals surface area contributed by atoms with E-state index >= 15 is 0 Å². The summed E-state index contributed by atoms with van der Waals surface area (Å²) in [5.74, 6) is -0.195. The summed E-state index contributed by atoms with van der Waals surface area (Å²) in [4.78, 5) is 17.3. The van der Waals surface area contributed by atoms with Gasteiger partial charge >= 0.3 is 0 Å². The van der Waals surface area contributed by atoms with Crippen LogP contribution < -0.4 is 4.74 Å². The summed E-state index contributed by atoms with van der Waals surface area (Å²) in [6.07, 6.45) is 1.25. The number of benzene rings is 2. The molecule has 0 saturated carbocycles. The minimum Gasteiger partial charge on any atom is -0.455 e. The molecule has 0 radical (unpaired) electrons. The van der Waals surface area contributed by atoms with Crippen LogP contribution in [-0.2, 0) is 5.72 Å². The zero-order chi connectivity index (χ0) is 18.5. The third kappa shape index (κ3) is 2.54. The van der Waals surface area contributed by atoms with Gasteiger partial charge in [-0.2, -0.15) is 5.10 Å². The molecule has 2 aromatic carbocycles. The third-order valence-corrected chi connectivity index (χ3v) is 5.20. The molecular formula is C17H10BrCl2N3O3. The monoisotopic (exact) mass is 453 g/mol. The van der Waals surface area contributed by atoms with Gasteiger partial charge < -0.3 is 9.84 Å². The number of rotatable bonds is 3. The van der Waals surface area contributed by atoms with E-state index < -0.39 is 17.6 Å². The Morgan fingerprint density at radius 2 is 2.08 bits per heavy atom. The van der Waals surface area contributed by atoms with Crippen LogP contribution in [0.4, 0.5) is 0 Å². The molecule has 1 aromatic heterocycles. The van der Waals surface area contributed by atoms with E-state index in [4.69, 9.17) is 27.9 Å². The first-order chi connectivity index (χ1) is 12.4. The van der Waals surface area contributed by atoms with E-state index in [1.54, 1.807) is 24.3 Å². The van der Waals surface area contributed by atoms with Crippen molar-refractivity contribution >= 4 is 44.9 Å². The summed E-state index contributed by atoms with van der Waals surface area (Å²) in [6.45, 7) is 0. The van der Waals surface area contributed by atoms with Crippen LogP contribution in [0, 0.1) is 0 Å². The van der Waals surface area contributed by atoms with Crippen molar-refractivity contribution in [1.82, 2.24) is 14.8 Å². The topological polar surface area (TPSA) is 77.2 Å². The van der Waals surface area contributed by atoms with Gasteiger partial charge in [0.1, 0.15) is 18.4 Å². The van der Waals surface area contributed by atoms with Crippen LogP contribution in [-0.4, -0.2) is 25.7 Å². The molecule has 0 spiro atoms. The Balaban J connectivity index is 1.91. The Labute approximate surface area is 166 Å². The highest BCUT2D eigenvalue weighted by molar-refractivity contribution is 9.10. The number of ether oxygens (including phenoxy) is 1. The fourth-order valence-electron chi connectivity index (χ4n) is 2.95. The predicted molar refractivity (Wildman–Crippen MR) is 98.5 cm³/mol. The van der Waals surface area contributed by atoms with Gasteiger partial charge in [-0.25, -0.2) is 9.67 Å². The number of Topliss-reactive ketones (excluding diaryl/α,β-unsaturated/α-hetero) is 1. The van der Waals surface area contributed by atoms with Crippen LogP contribution in [0.1, 0.15) is 22.0 Å². The molecule has 26 heavy (non-hydrogen) atoms. The maximum absolute atomic E-state index is 13.5. The lowest BCUT2D eigenvalue weighted by atomic mass is 9.93. The number of aliphatic hydroxyl groups excluding tert-OH is 1. The molecule has 4 rings (SSSR count). The maximum atomic E-state index is 13.5. The van der Waals surface area contributed by atoms with Crippen molar-refractivity contribution in [1.29, 1.82) is 0 Å². The van der Waals surface area contributed by atoms with Gasteiger partial charge in [-0.3, -0.25) is 4.79 Å². The van der Waals surface area contributed by atoms with Crippen molar-refractivity contribution < 1.29 is 14.6 Å². The molecular weight excluding hydrogens is 445 g/mol. The number of aliphatic hydroxyl groups is 1. The summed E-state index contributed by atoms with van der Waals surface area (Å²) < 4.78 is 7.89. The number of carbonyl (C=O) groups excluding carboxylic acids is 1. The first kappa shape index (κ1) is 17.5. The second kappa shape index (κ2) is 6.35. The normalized spacial score (nSPS) is 21.3. The van der Waals surface area contributed by atoms with Gasteiger partial charge in [-0.1, -0.05) is 39.1 Å². The molecule has 0 unspecified atom stereocenters. The molecule has 1 N–H and O–H groups in total. The van der Waals surface area contributed by atoms with Gasteiger partial charge in [0.05, 0.1) is 5.02 Å². The third-order valence-electron chi connectivity index (χ3n) is 4.16. The second-order valence-electron chi connectivity index (χ2n) is 5.68. The Kier molecular flexibility index (Phi) is 4.27. The first-order valence-corrected chi connectivity index (χ1v) is 9.00. The molecule has 2 atom stereocenters. The molecule has 9 heteroatoms. The van der Waals surface area contributed by atoms with E-state index in [0.29, 0.717) is 16.3 Å². The van der Waals surface area contributed by atoms with Gasteiger partial charge in [-0.15, -0.1) is 0 Å². The zero-order valence-corrected chi connectivity index (χ0v) is 16.0. The van der Waals surface area contributed by atoms with E-state index in [1.807, 2.05) is 0 Å². The number of fused-ring (bicyclic) bond motifs is 1. The van der Waals surface area contributed by atoms with Crippen molar-refractivity contribution in [3.05, 3.63) is 74.7 Å². The molecule has 2 heterocycles. The summed E-state index contributed by atoms with van der Waals surface area (Å²) in [5.41, 5.74) is -1.26. The van der Waals surface area contributed by atoms with E-state index in [9.17, 15) is 9.90 Å². The number of hydrogen-bond acceptors (Lipinski definition) is 5. The number of nitrogens with zero attached hydrogens (tertiary/aromatic N) is 3. The largest absolute Gasteiger partial charge is 0.455 e. The Hall–Kier alpha value is -1.93. The molecule has 0 saturated heterocycles. The fraction of sp³-hybridized carbons (Fsp3) is 0.118. The average molecular weight is 455 g/mol. The molecule has 6 nitrogen and oxygen atoms in total. The number of carbonyl (C=O) groups is 1. The van der Waals surface area contributed by atoms with E-state index in [0.717, 1.165) is 4.47 Å². The van der Waals surface area contributed by atoms with Gasteiger partial charge in [-0.05, 0) is 36.4 Å². The Bertz CT molecular complexity index is 1010. The Morgan fingerprint density at radius 1 is 1.27 bits per heavy atom. The van der Waals surface area contributed by atoms with E-state index in [-0.39, 0.29) is 10.6 Å². The molecule has 0 bridgehead atoms. The van der Waals surface area contributed by atoms with Gasteiger partial charge in [0.15, 0.2) is 6.10 Å². The SMILES string of the molecule is O=C(c1ccc(Cl)cc1Cl)[C@]1(n2cncn2)Oc2ccc(Br)cc2[C@H]1O.